The Morgan fingerprint density at radius 3 is 2.58 bits per heavy atom. The van der Waals surface area contributed by atoms with Gasteiger partial charge in [-0.1, -0.05) is 37.3 Å². The Hall–Kier alpha value is -2.06. The SMILES string of the molecule is CC=C(C)c1cc(CN2CCC(c3cccc(O)c3)CC2)ccc1CC. The first kappa shape index (κ1) is 18.7. The molecule has 1 aliphatic heterocycles. The topological polar surface area (TPSA) is 23.5 Å². The number of allylic oxidation sites excluding steroid dienone is 2. The highest BCUT2D eigenvalue weighted by molar-refractivity contribution is 5.67. The van der Waals surface area contributed by atoms with Crippen LogP contribution in [0.1, 0.15) is 61.8 Å². The number of aromatic hydroxyl groups is 1. The van der Waals surface area contributed by atoms with Gasteiger partial charge in [-0.3, -0.25) is 4.90 Å². The Labute approximate surface area is 158 Å². The summed E-state index contributed by atoms with van der Waals surface area (Å²) < 4.78 is 0. The fraction of sp³-hybridized carbons (Fsp3) is 0.417. The van der Waals surface area contributed by atoms with Crippen LogP contribution in [-0.2, 0) is 13.0 Å². The number of likely N-dealkylation sites (tertiary alicyclic amines) is 1. The lowest BCUT2D eigenvalue weighted by molar-refractivity contribution is 0.204. The number of phenolic OH excluding ortho intramolecular Hbond substituents is 1. The van der Waals surface area contributed by atoms with Crippen molar-refractivity contribution in [3.05, 3.63) is 70.8 Å². The Kier molecular flexibility index (Phi) is 6.16. The molecule has 1 N–H and O–H groups in total. The van der Waals surface area contributed by atoms with Crippen LogP contribution in [0.5, 0.6) is 5.75 Å². The molecule has 0 aliphatic carbocycles. The van der Waals surface area contributed by atoms with E-state index >= 15 is 0 Å². The molecule has 138 valence electrons. The summed E-state index contributed by atoms with van der Waals surface area (Å²) in [5, 5.41) is 9.71. The molecule has 0 bridgehead atoms. The summed E-state index contributed by atoms with van der Waals surface area (Å²) in [4.78, 5) is 2.56. The highest BCUT2D eigenvalue weighted by atomic mass is 16.3. The normalized spacial score (nSPS) is 16.8. The van der Waals surface area contributed by atoms with Crippen LogP contribution in [0.15, 0.2) is 48.5 Å². The number of hydrogen-bond donors (Lipinski definition) is 1. The predicted octanol–water partition coefficient (Wildman–Crippen LogP) is 5.76. The van der Waals surface area contributed by atoms with Crippen molar-refractivity contribution in [2.75, 3.05) is 13.1 Å². The van der Waals surface area contributed by atoms with Crippen LogP contribution in [0.2, 0.25) is 0 Å². The van der Waals surface area contributed by atoms with Crippen LogP contribution in [0.3, 0.4) is 0 Å². The Morgan fingerprint density at radius 2 is 1.92 bits per heavy atom. The first-order valence-electron chi connectivity index (χ1n) is 9.87. The largest absolute Gasteiger partial charge is 0.508 e. The molecule has 3 rings (SSSR count). The second-order valence-electron chi connectivity index (χ2n) is 7.46. The monoisotopic (exact) mass is 349 g/mol. The van der Waals surface area contributed by atoms with Gasteiger partial charge in [0.05, 0.1) is 0 Å². The van der Waals surface area contributed by atoms with Crippen LogP contribution in [0.25, 0.3) is 5.57 Å². The van der Waals surface area contributed by atoms with Crippen molar-refractivity contribution in [3.63, 3.8) is 0 Å². The van der Waals surface area contributed by atoms with E-state index in [1.807, 2.05) is 12.1 Å². The zero-order valence-corrected chi connectivity index (χ0v) is 16.3. The molecule has 0 unspecified atom stereocenters. The highest BCUT2D eigenvalue weighted by Gasteiger charge is 2.21. The molecule has 1 heterocycles. The lowest BCUT2D eigenvalue weighted by Gasteiger charge is -2.32. The third-order valence-corrected chi connectivity index (χ3v) is 5.75. The molecule has 2 nitrogen and oxygen atoms in total. The molecular formula is C24H31NO. The van der Waals surface area contributed by atoms with E-state index in [0.717, 1.165) is 38.9 Å². The van der Waals surface area contributed by atoms with Crippen molar-refractivity contribution in [3.8, 4) is 5.75 Å². The maximum atomic E-state index is 9.71. The minimum Gasteiger partial charge on any atom is -0.508 e. The van der Waals surface area contributed by atoms with Gasteiger partial charge in [0.15, 0.2) is 0 Å². The van der Waals surface area contributed by atoms with Crippen LogP contribution >= 0.6 is 0 Å². The van der Waals surface area contributed by atoms with Crippen molar-refractivity contribution in [2.24, 2.45) is 0 Å². The Balaban J connectivity index is 1.64. The highest BCUT2D eigenvalue weighted by Crippen LogP contribution is 2.30. The first-order chi connectivity index (χ1) is 12.6. The maximum absolute atomic E-state index is 9.71. The quantitative estimate of drug-likeness (QED) is 0.742. The van der Waals surface area contributed by atoms with E-state index in [-0.39, 0.29) is 0 Å². The Morgan fingerprint density at radius 1 is 1.15 bits per heavy atom. The van der Waals surface area contributed by atoms with Crippen LogP contribution in [-0.4, -0.2) is 23.1 Å². The molecule has 0 spiro atoms. The van der Waals surface area contributed by atoms with Gasteiger partial charge in [0.25, 0.3) is 0 Å². The van der Waals surface area contributed by atoms with E-state index < -0.39 is 0 Å². The molecule has 0 aromatic heterocycles. The van der Waals surface area contributed by atoms with Gasteiger partial charge in [0.2, 0.25) is 0 Å². The van der Waals surface area contributed by atoms with E-state index in [1.54, 1.807) is 6.07 Å². The molecule has 1 saturated heterocycles. The van der Waals surface area contributed by atoms with E-state index in [0.29, 0.717) is 11.7 Å². The minimum absolute atomic E-state index is 0.382. The lowest BCUT2D eigenvalue weighted by Crippen LogP contribution is -2.32. The molecule has 2 heteroatoms. The number of nitrogens with zero attached hydrogens (tertiary/aromatic N) is 1. The summed E-state index contributed by atoms with van der Waals surface area (Å²) in [5.41, 5.74) is 6.90. The van der Waals surface area contributed by atoms with Gasteiger partial charge in [-0.05, 0) is 98.1 Å². The van der Waals surface area contributed by atoms with Crippen LogP contribution in [0, 0.1) is 0 Å². The summed E-state index contributed by atoms with van der Waals surface area (Å²) in [7, 11) is 0. The molecular weight excluding hydrogens is 318 g/mol. The van der Waals surface area contributed by atoms with E-state index in [4.69, 9.17) is 0 Å². The molecule has 1 fully saturated rings. The number of aryl methyl sites for hydroxylation is 1. The van der Waals surface area contributed by atoms with Gasteiger partial charge in [0, 0.05) is 6.54 Å². The molecule has 2 aromatic rings. The minimum atomic E-state index is 0.382. The van der Waals surface area contributed by atoms with Gasteiger partial charge >= 0.3 is 0 Å². The van der Waals surface area contributed by atoms with Crippen LogP contribution < -0.4 is 0 Å². The van der Waals surface area contributed by atoms with Crippen LogP contribution in [0.4, 0.5) is 0 Å². The number of piperidine rings is 1. The summed E-state index contributed by atoms with van der Waals surface area (Å²) in [6.07, 6.45) is 5.61. The zero-order valence-electron chi connectivity index (χ0n) is 16.3. The predicted molar refractivity (Wildman–Crippen MR) is 111 cm³/mol. The third-order valence-electron chi connectivity index (χ3n) is 5.75. The van der Waals surface area contributed by atoms with Crippen molar-refractivity contribution in [2.45, 2.75) is 52.5 Å². The lowest BCUT2D eigenvalue weighted by atomic mass is 9.89. The van der Waals surface area contributed by atoms with Gasteiger partial charge in [-0.2, -0.15) is 0 Å². The fourth-order valence-corrected chi connectivity index (χ4v) is 4.01. The summed E-state index contributed by atoms with van der Waals surface area (Å²) >= 11 is 0. The zero-order chi connectivity index (χ0) is 18.5. The van der Waals surface area contributed by atoms with Gasteiger partial charge in [0.1, 0.15) is 5.75 Å². The van der Waals surface area contributed by atoms with E-state index in [1.165, 1.54) is 27.8 Å². The van der Waals surface area contributed by atoms with Gasteiger partial charge in [-0.15, -0.1) is 0 Å². The maximum Gasteiger partial charge on any atom is 0.115 e. The molecule has 0 atom stereocenters. The smallest absolute Gasteiger partial charge is 0.115 e. The van der Waals surface area contributed by atoms with Gasteiger partial charge < -0.3 is 5.11 Å². The first-order valence-corrected chi connectivity index (χ1v) is 9.87. The third kappa shape index (κ3) is 4.37. The van der Waals surface area contributed by atoms with E-state index in [9.17, 15) is 5.11 Å². The fourth-order valence-electron chi connectivity index (χ4n) is 4.01. The Bertz CT molecular complexity index is 770. The summed E-state index contributed by atoms with van der Waals surface area (Å²) in [5.74, 6) is 0.953. The number of hydrogen-bond acceptors (Lipinski definition) is 2. The van der Waals surface area contributed by atoms with Crippen molar-refractivity contribution < 1.29 is 5.11 Å². The van der Waals surface area contributed by atoms with Crippen molar-refractivity contribution in [1.29, 1.82) is 0 Å². The van der Waals surface area contributed by atoms with Crippen molar-refractivity contribution >= 4 is 5.57 Å². The van der Waals surface area contributed by atoms with E-state index in [2.05, 4.69) is 56.0 Å². The number of phenols is 1. The second kappa shape index (κ2) is 8.55. The standard InChI is InChI=1S/C24H31NO/c1-4-18(3)24-15-19(9-10-20(24)5-2)17-25-13-11-21(12-14-25)22-7-6-8-23(26)16-22/h4,6-10,15-16,21,26H,5,11-14,17H2,1-3H3. The second-order valence-corrected chi connectivity index (χ2v) is 7.46. The molecule has 0 radical (unpaired) electrons. The number of rotatable bonds is 5. The molecule has 1 aliphatic rings. The number of benzene rings is 2. The molecule has 26 heavy (non-hydrogen) atoms. The molecule has 0 saturated carbocycles. The summed E-state index contributed by atoms with van der Waals surface area (Å²) in [6, 6.07) is 14.8. The molecule has 2 aromatic carbocycles. The van der Waals surface area contributed by atoms with Crippen molar-refractivity contribution in [1.82, 2.24) is 4.90 Å². The molecule has 0 amide bonds. The van der Waals surface area contributed by atoms with Gasteiger partial charge in [-0.25, -0.2) is 0 Å². The summed E-state index contributed by atoms with van der Waals surface area (Å²) in [6.45, 7) is 9.82. The average Bonchev–Trinajstić information content (AvgIpc) is 2.68. The average molecular weight is 350 g/mol.